The summed E-state index contributed by atoms with van der Waals surface area (Å²) in [6.45, 7) is 1.58. The zero-order valence-electron chi connectivity index (χ0n) is 7.72. The Hall–Kier alpha value is -0.540. The van der Waals surface area contributed by atoms with Gasteiger partial charge in [0.1, 0.15) is 0 Å². The molecule has 2 rings (SSSR count). The minimum atomic E-state index is 0.571. The number of ether oxygens (including phenoxy) is 1. The Bertz CT molecular complexity index is 309. The average molecular weight is 201 g/mol. The number of hydrogen-bond donors (Lipinski definition) is 0. The number of hydrogen-bond acceptors (Lipinski definition) is 2. The zero-order valence-corrected chi connectivity index (χ0v) is 8.47. The highest BCUT2D eigenvalue weighted by atomic mass is 35.5. The summed E-state index contributed by atoms with van der Waals surface area (Å²) in [5.74, 6) is 0. The molecule has 0 unspecified atom stereocenters. The van der Waals surface area contributed by atoms with Crippen LogP contribution in [0.2, 0.25) is 5.28 Å². The molecule has 4 heteroatoms. The molecule has 0 saturated carbocycles. The molecular weight excluding hydrogens is 188 g/mol. The van der Waals surface area contributed by atoms with Crippen LogP contribution in [-0.2, 0) is 24.3 Å². The van der Waals surface area contributed by atoms with E-state index < -0.39 is 0 Å². The molecule has 0 aromatic carbocycles. The molecule has 0 atom stereocenters. The molecule has 0 N–H and O–H groups in total. The van der Waals surface area contributed by atoms with Crippen molar-refractivity contribution in [2.75, 3.05) is 7.11 Å². The molecule has 0 spiro atoms. The maximum atomic E-state index is 5.99. The van der Waals surface area contributed by atoms with Crippen LogP contribution in [0.25, 0.3) is 0 Å². The maximum Gasteiger partial charge on any atom is 0.203 e. The number of imidazole rings is 1. The highest BCUT2D eigenvalue weighted by molar-refractivity contribution is 6.28. The first-order chi connectivity index (χ1) is 6.33. The highest BCUT2D eigenvalue weighted by Crippen LogP contribution is 2.23. The normalized spacial score (nSPS) is 15.8. The van der Waals surface area contributed by atoms with Crippen molar-refractivity contribution >= 4 is 11.6 Å². The Morgan fingerprint density at radius 3 is 3.15 bits per heavy atom. The first-order valence-corrected chi connectivity index (χ1v) is 4.93. The van der Waals surface area contributed by atoms with Crippen molar-refractivity contribution in [3.05, 3.63) is 16.7 Å². The Morgan fingerprint density at radius 2 is 2.38 bits per heavy atom. The van der Waals surface area contributed by atoms with E-state index in [1.54, 1.807) is 7.11 Å². The fourth-order valence-corrected chi connectivity index (χ4v) is 2.11. The molecule has 1 aromatic rings. The summed E-state index contributed by atoms with van der Waals surface area (Å²) in [7, 11) is 1.68. The second-order valence-corrected chi connectivity index (χ2v) is 3.65. The number of aromatic nitrogens is 2. The van der Waals surface area contributed by atoms with E-state index in [2.05, 4.69) is 9.55 Å². The average Bonchev–Trinajstić information content (AvgIpc) is 2.46. The van der Waals surface area contributed by atoms with Gasteiger partial charge in [-0.25, -0.2) is 4.98 Å². The minimum Gasteiger partial charge on any atom is -0.378 e. The van der Waals surface area contributed by atoms with Gasteiger partial charge in [-0.3, -0.25) is 0 Å². The molecule has 72 valence electrons. The number of methoxy groups -OCH3 is 1. The Labute approximate surface area is 82.7 Å². The van der Waals surface area contributed by atoms with Crippen LogP contribution in [0, 0.1) is 0 Å². The van der Waals surface area contributed by atoms with E-state index in [9.17, 15) is 0 Å². The van der Waals surface area contributed by atoms with Gasteiger partial charge in [0, 0.05) is 19.3 Å². The van der Waals surface area contributed by atoms with Crippen LogP contribution in [0.15, 0.2) is 0 Å². The van der Waals surface area contributed by atoms with E-state index in [1.807, 2.05) is 0 Å². The van der Waals surface area contributed by atoms with Crippen LogP contribution in [0.4, 0.5) is 0 Å². The smallest absolute Gasteiger partial charge is 0.203 e. The Kier molecular flexibility index (Phi) is 2.56. The predicted octanol–water partition coefficient (Wildman–Crippen LogP) is 2.02. The summed E-state index contributed by atoms with van der Waals surface area (Å²) in [6, 6.07) is 0. The third-order valence-electron chi connectivity index (χ3n) is 2.44. The molecule has 0 fully saturated rings. The van der Waals surface area contributed by atoms with Crippen molar-refractivity contribution in [1.29, 1.82) is 0 Å². The van der Waals surface area contributed by atoms with Crippen molar-refractivity contribution in [3.8, 4) is 0 Å². The zero-order chi connectivity index (χ0) is 9.26. The fraction of sp³-hybridized carbons (Fsp3) is 0.667. The van der Waals surface area contributed by atoms with E-state index in [4.69, 9.17) is 16.3 Å². The van der Waals surface area contributed by atoms with Crippen molar-refractivity contribution < 1.29 is 4.74 Å². The number of halogens is 1. The summed E-state index contributed by atoms with van der Waals surface area (Å²) in [4.78, 5) is 4.29. The van der Waals surface area contributed by atoms with Crippen LogP contribution in [0.1, 0.15) is 24.2 Å². The van der Waals surface area contributed by atoms with E-state index in [1.165, 1.54) is 18.5 Å². The summed E-state index contributed by atoms with van der Waals surface area (Å²) in [5, 5.41) is 0.613. The van der Waals surface area contributed by atoms with Crippen molar-refractivity contribution in [1.82, 2.24) is 9.55 Å². The van der Waals surface area contributed by atoms with Crippen molar-refractivity contribution in [3.63, 3.8) is 0 Å². The summed E-state index contributed by atoms with van der Waals surface area (Å²) >= 11 is 5.99. The second-order valence-electron chi connectivity index (χ2n) is 3.32. The molecule has 0 bridgehead atoms. The third-order valence-corrected chi connectivity index (χ3v) is 2.72. The summed E-state index contributed by atoms with van der Waals surface area (Å²) in [6.07, 6.45) is 3.52. The van der Waals surface area contributed by atoms with Crippen LogP contribution < -0.4 is 0 Å². The lowest BCUT2D eigenvalue weighted by Gasteiger charge is -2.15. The lowest BCUT2D eigenvalue weighted by Crippen LogP contribution is -2.11. The van der Waals surface area contributed by atoms with Gasteiger partial charge in [0.2, 0.25) is 5.28 Å². The molecule has 0 aliphatic carbocycles. The van der Waals surface area contributed by atoms with Gasteiger partial charge >= 0.3 is 0 Å². The van der Waals surface area contributed by atoms with Gasteiger partial charge in [-0.15, -0.1) is 0 Å². The molecule has 3 nitrogen and oxygen atoms in total. The van der Waals surface area contributed by atoms with Crippen molar-refractivity contribution in [2.24, 2.45) is 0 Å². The van der Waals surface area contributed by atoms with E-state index in [-0.39, 0.29) is 0 Å². The van der Waals surface area contributed by atoms with Gasteiger partial charge < -0.3 is 9.30 Å². The second kappa shape index (κ2) is 3.68. The van der Waals surface area contributed by atoms with Gasteiger partial charge in [0.05, 0.1) is 12.3 Å². The fourth-order valence-electron chi connectivity index (χ4n) is 1.82. The number of fused-ring (bicyclic) bond motifs is 1. The third kappa shape index (κ3) is 1.58. The molecule has 1 aliphatic heterocycles. The first kappa shape index (κ1) is 9.03. The first-order valence-electron chi connectivity index (χ1n) is 4.55. The van der Waals surface area contributed by atoms with Crippen LogP contribution in [-0.4, -0.2) is 16.7 Å². The Balaban J connectivity index is 2.36. The largest absolute Gasteiger partial charge is 0.378 e. The molecule has 0 radical (unpaired) electrons. The predicted molar refractivity (Wildman–Crippen MR) is 50.9 cm³/mol. The molecule has 13 heavy (non-hydrogen) atoms. The SMILES string of the molecule is COCc1nc(Cl)n2c1CCCC2. The Morgan fingerprint density at radius 1 is 1.54 bits per heavy atom. The summed E-state index contributed by atoms with van der Waals surface area (Å²) < 4.78 is 7.17. The topological polar surface area (TPSA) is 27.1 Å². The molecular formula is C9H13ClN2O. The van der Waals surface area contributed by atoms with E-state index in [0.29, 0.717) is 11.9 Å². The van der Waals surface area contributed by atoms with Crippen LogP contribution in [0.5, 0.6) is 0 Å². The van der Waals surface area contributed by atoms with E-state index >= 15 is 0 Å². The number of nitrogens with zero attached hydrogens (tertiary/aromatic N) is 2. The number of rotatable bonds is 2. The van der Waals surface area contributed by atoms with Gasteiger partial charge in [-0.2, -0.15) is 0 Å². The monoisotopic (exact) mass is 200 g/mol. The van der Waals surface area contributed by atoms with Gasteiger partial charge in [0.15, 0.2) is 0 Å². The van der Waals surface area contributed by atoms with Crippen LogP contribution >= 0.6 is 11.6 Å². The standard InChI is InChI=1S/C9H13ClN2O/c1-13-6-7-8-4-2-3-5-12(8)9(10)11-7/h2-6H2,1H3. The maximum absolute atomic E-state index is 5.99. The molecule has 2 heterocycles. The van der Waals surface area contributed by atoms with Gasteiger partial charge in [-0.05, 0) is 30.9 Å². The molecule has 1 aromatic heterocycles. The van der Waals surface area contributed by atoms with Crippen LogP contribution in [0.3, 0.4) is 0 Å². The minimum absolute atomic E-state index is 0.571. The molecule has 0 saturated heterocycles. The molecule has 0 amide bonds. The highest BCUT2D eigenvalue weighted by Gasteiger charge is 2.18. The van der Waals surface area contributed by atoms with Gasteiger partial charge in [-0.1, -0.05) is 0 Å². The quantitative estimate of drug-likeness (QED) is 0.731. The van der Waals surface area contributed by atoms with Gasteiger partial charge in [0.25, 0.3) is 0 Å². The lowest BCUT2D eigenvalue weighted by atomic mass is 10.1. The van der Waals surface area contributed by atoms with E-state index in [0.717, 1.165) is 18.7 Å². The molecule has 1 aliphatic rings. The summed E-state index contributed by atoms with van der Waals surface area (Å²) in [5.41, 5.74) is 2.27. The lowest BCUT2D eigenvalue weighted by molar-refractivity contribution is 0.180. The van der Waals surface area contributed by atoms with Crippen molar-refractivity contribution in [2.45, 2.75) is 32.4 Å².